The molecule has 0 heterocycles. The molecule has 0 aliphatic rings. The summed E-state index contributed by atoms with van der Waals surface area (Å²) in [6.45, 7) is 7.62. The van der Waals surface area contributed by atoms with Crippen molar-refractivity contribution in [2.24, 2.45) is 0 Å². The maximum Gasteiger partial charge on any atom is 0.280 e. The lowest BCUT2D eigenvalue weighted by molar-refractivity contribution is -0.385. The molecule has 120 valence electrons. The predicted octanol–water partition coefficient (Wildman–Crippen LogP) is 4.14. The number of carbonyl (C=O) groups is 2. The molecule has 0 bridgehead atoms. The number of aldehydes is 2. The van der Waals surface area contributed by atoms with Gasteiger partial charge in [0.05, 0.1) is 10.5 Å². The second kappa shape index (κ2) is 7.98. The Balaban J connectivity index is 0.000000238. The van der Waals surface area contributed by atoms with Crippen molar-refractivity contribution in [1.29, 1.82) is 0 Å². The summed E-state index contributed by atoms with van der Waals surface area (Å²) in [5.41, 5.74) is 4.86. The highest BCUT2D eigenvalue weighted by Gasteiger charge is 2.14. The highest BCUT2D eigenvalue weighted by molar-refractivity contribution is 5.82. The number of hydrogen-bond donors (Lipinski definition) is 0. The Morgan fingerprint density at radius 1 is 0.826 bits per heavy atom. The number of rotatable bonds is 3. The summed E-state index contributed by atoms with van der Waals surface area (Å²) in [6, 6.07) is 8.62. The lowest BCUT2D eigenvalue weighted by Gasteiger charge is -2.01. The molecule has 0 radical (unpaired) electrons. The quantitative estimate of drug-likeness (QED) is 0.484. The van der Waals surface area contributed by atoms with Crippen molar-refractivity contribution in [1.82, 2.24) is 0 Å². The number of aryl methyl sites for hydroxylation is 4. The molecule has 5 nitrogen and oxygen atoms in total. The molecular weight excluding hydrogens is 294 g/mol. The first-order valence-electron chi connectivity index (χ1n) is 7.03. The zero-order valence-corrected chi connectivity index (χ0v) is 13.6. The van der Waals surface area contributed by atoms with Crippen molar-refractivity contribution in [3.63, 3.8) is 0 Å². The van der Waals surface area contributed by atoms with E-state index in [9.17, 15) is 19.7 Å². The molecule has 5 heteroatoms. The maximum atomic E-state index is 10.5. The molecule has 0 amide bonds. The minimum atomic E-state index is -0.545. The topological polar surface area (TPSA) is 77.3 Å². The summed E-state index contributed by atoms with van der Waals surface area (Å²) < 4.78 is 0. The van der Waals surface area contributed by atoms with Crippen LogP contribution in [-0.2, 0) is 0 Å². The van der Waals surface area contributed by atoms with Gasteiger partial charge in [0.15, 0.2) is 6.29 Å². The normalized spacial score (nSPS) is 9.57. The summed E-state index contributed by atoms with van der Waals surface area (Å²) in [5, 5.41) is 10.5. The second-order valence-corrected chi connectivity index (χ2v) is 5.33. The van der Waals surface area contributed by atoms with Crippen LogP contribution in [0.25, 0.3) is 0 Å². The van der Waals surface area contributed by atoms with Gasteiger partial charge in [-0.15, -0.1) is 0 Å². The lowest BCUT2D eigenvalue weighted by Crippen LogP contribution is -1.96. The number of hydrogen-bond acceptors (Lipinski definition) is 4. The van der Waals surface area contributed by atoms with Crippen LogP contribution in [0.3, 0.4) is 0 Å². The van der Waals surface area contributed by atoms with Crippen molar-refractivity contribution in [2.45, 2.75) is 27.7 Å². The summed E-state index contributed by atoms with van der Waals surface area (Å²) in [4.78, 5) is 30.7. The van der Waals surface area contributed by atoms with E-state index in [0.717, 1.165) is 23.0 Å². The number of nitro groups is 1. The first-order valence-corrected chi connectivity index (χ1v) is 7.03. The van der Waals surface area contributed by atoms with Gasteiger partial charge in [-0.05, 0) is 62.1 Å². The van der Waals surface area contributed by atoms with E-state index >= 15 is 0 Å². The van der Waals surface area contributed by atoms with E-state index in [-0.39, 0.29) is 11.3 Å². The van der Waals surface area contributed by atoms with E-state index in [1.807, 2.05) is 39.0 Å². The maximum absolute atomic E-state index is 10.5. The average Bonchev–Trinajstić information content (AvgIpc) is 2.52. The van der Waals surface area contributed by atoms with E-state index in [1.165, 1.54) is 23.3 Å². The molecule has 0 N–H and O–H groups in total. The monoisotopic (exact) mass is 313 g/mol. The molecule has 0 saturated carbocycles. The molecule has 0 atom stereocenters. The van der Waals surface area contributed by atoms with Gasteiger partial charge in [-0.25, -0.2) is 0 Å². The average molecular weight is 313 g/mol. The van der Waals surface area contributed by atoms with Gasteiger partial charge < -0.3 is 0 Å². The van der Waals surface area contributed by atoms with E-state index in [0.29, 0.717) is 6.29 Å². The van der Waals surface area contributed by atoms with Crippen molar-refractivity contribution in [3.05, 3.63) is 73.8 Å². The van der Waals surface area contributed by atoms with E-state index in [1.54, 1.807) is 6.92 Å². The third-order valence-corrected chi connectivity index (χ3v) is 3.63. The Kier molecular flexibility index (Phi) is 6.33. The van der Waals surface area contributed by atoms with Crippen molar-refractivity contribution < 1.29 is 14.5 Å². The molecule has 0 aliphatic heterocycles. The van der Waals surface area contributed by atoms with Gasteiger partial charge in [0, 0.05) is 11.6 Å². The van der Waals surface area contributed by atoms with Crippen LogP contribution in [0.15, 0.2) is 30.3 Å². The minimum Gasteiger partial charge on any atom is -0.298 e. The van der Waals surface area contributed by atoms with Crippen LogP contribution in [0.2, 0.25) is 0 Å². The van der Waals surface area contributed by atoms with Crippen LogP contribution in [0.5, 0.6) is 0 Å². The minimum absolute atomic E-state index is 0.127. The first kappa shape index (κ1) is 18.2. The predicted molar refractivity (Wildman–Crippen MR) is 89.3 cm³/mol. The van der Waals surface area contributed by atoms with Crippen LogP contribution < -0.4 is 0 Å². The summed E-state index contributed by atoms with van der Waals surface area (Å²) in [7, 11) is 0. The van der Waals surface area contributed by atoms with Gasteiger partial charge in [-0.3, -0.25) is 19.7 Å². The van der Waals surface area contributed by atoms with Gasteiger partial charge >= 0.3 is 0 Å². The van der Waals surface area contributed by atoms with Crippen LogP contribution in [0.4, 0.5) is 5.69 Å². The number of nitrogens with zero attached hydrogens (tertiary/aromatic N) is 1. The number of carbonyl (C=O) groups excluding carboxylic acids is 2. The molecule has 0 aliphatic carbocycles. The number of nitro benzene ring substituents is 1. The number of benzene rings is 2. The van der Waals surface area contributed by atoms with E-state index in [4.69, 9.17) is 0 Å². The Labute approximate surface area is 135 Å². The zero-order chi connectivity index (χ0) is 17.6. The van der Waals surface area contributed by atoms with Crippen molar-refractivity contribution in [3.8, 4) is 0 Å². The Bertz CT molecular complexity index is 751. The fraction of sp³-hybridized carbons (Fsp3) is 0.222. The molecule has 2 aromatic carbocycles. The van der Waals surface area contributed by atoms with Crippen LogP contribution in [0.1, 0.15) is 43.0 Å². The molecular formula is C18H19NO4. The molecule has 0 unspecified atom stereocenters. The van der Waals surface area contributed by atoms with Crippen molar-refractivity contribution in [2.75, 3.05) is 0 Å². The molecule has 23 heavy (non-hydrogen) atoms. The summed E-state index contributed by atoms with van der Waals surface area (Å²) in [6.07, 6.45) is 1.37. The van der Waals surface area contributed by atoms with Gasteiger partial charge in [-0.2, -0.15) is 0 Å². The fourth-order valence-corrected chi connectivity index (χ4v) is 1.91. The molecule has 0 spiro atoms. The SMILES string of the molecule is Cc1cc(C=O)c([N+](=O)[O-])cc1C.Cc1ccc(C=O)cc1C. The van der Waals surface area contributed by atoms with Gasteiger partial charge in [0.25, 0.3) is 5.69 Å². The van der Waals surface area contributed by atoms with Crippen LogP contribution in [-0.4, -0.2) is 17.5 Å². The fourth-order valence-electron chi connectivity index (χ4n) is 1.91. The Hall–Kier alpha value is -2.82. The van der Waals surface area contributed by atoms with Gasteiger partial charge in [0.1, 0.15) is 6.29 Å². The third-order valence-electron chi connectivity index (χ3n) is 3.63. The van der Waals surface area contributed by atoms with E-state index < -0.39 is 4.92 Å². The lowest BCUT2D eigenvalue weighted by atomic mass is 10.1. The molecule has 0 saturated heterocycles. The largest absolute Gasteiger partial charge is 0.298 e. The van der Waals surface area contributed by atoms with Gasteiger partial charge in [-0.1, -0.05) is 12.1 Å². The van der Waals surface area contributed by atoms with Crippen LogP contribution in [0, 0.1) is 37.8 Å². The summed E-state index contributed by atoms with van der Waals surface area (Å²) >= 11 is 0. The third kappa shape index (κ3) is 4.85. The molecule has 2 rings (SSSR count). The molecule has 0 fully saturated rings. The molecule has 0 aromatic heterocycles. The highest BCUT2D eigenvalue weighted by Crippen LogP contribution is 2.21. The Morgan fingerprint density at radius 2 is 1.39 bits per heavy atom. The second-order valence-electron chi connectivity index (χ2n) is 5.33. The zero-order valence-electron chi connectivity index (χ0n) is 13.6. The van der Waals surface area contributed by atoms with Crippen LogP contribution >= 0.6 is 0 Å². The van der Waals surface area contributed by atoms with E-state index in [2.05, 4.69) is 0 Å². The summed E-state index contributed by atoms with van der Waals surface area (Å²) in [5.74, 6) is 0. The standard InChI is InChI=1S/C9H9NO3.C9H10O/c1-6-3-8(5-11)9(10(12)13)4-7(6)2;1-7-3-4-9(6-10)5-8(7)2/h3-5H,1-2H3;3-6H,1-2H3. The first-order chi connectivity index (χ1) is 10.8. The highest BCUT2D eigenvalue weighted by atomic mass is 16.6. The molecule has 2 aromatic rings. The Morgan fingerprint density at radius 3 is 1.87 bits per heavy atom. The van der Waals surface area contributed by atoms with Gasteiger partial charge in [0.2, 0.25) is 0 Å². The smallest absolute Gasteiger partial charge is 0.280 e. The van der Waals surface area contributed by atoms with Crippen molar-refractivity contribution >= 4 is 18.3 Å².